The van der Waals surface area contributed by atoms with Crippen molar-refractivity contribution in [2.75, 3.05) is 6.61 Å². The van der Waals surface area contributed by atoms with Crippen molar-refractivity contribution in [2.45, 2.75) is 96.4 Å². The number of carbonyl (C=O) groups excluding carboxylic acids is 7. The van der Waals surface area contributed by atoms with Crippen LogP contribution >= 0.6 is 7.82 Å². The van der Waals surface area contributed by atoms with E-state index in [4.69, 9.17) is 36.8 Å². The number of hydrogen-bond acceptors (Lipinski definition) is 13. The fourth-order valence-electron chi connectivity index (χ4n) is 3.54. The number of hydrogen-bond donors (Lipinski definition) is 9. The molecule has 0 rings (SSSR count). The Hall–Kier alpha value is -3.48. The number of phosphoric ester groups is 1. The monoisotopic (exact) mass is 668 g/mol. The van der Waals surface area contributed by atoms with E-state index < -0.39 is 118 Å². The fraction of sp³-hybridized carbons (Fsp3) is 0.720. The van der Waals surface area contributed by atoms with Gasteiger partial charge in [0.25, 0.3) is 0 Å². The van der Waals surface area contributed by atoms with Gasteiger partial charge in [0, 0.05) is 12.8 Å². The molecule has 12 N–H and O–H groups in total. The maximum atomic E-state index is 13.1. The first-order valence-corrected chi connectivity index (χ1v) is 15.7. The lowest BCUT2D eigenvalue weighted by atomic mass is 9.96. The second-order valence-corrected chi connectivity index (χ2v) is 11.6. The van der Waals surface area contributed by atoms with Crippen LogP contribution in [-0.2, 0) is 47.4 Å². The first kappa shape index (κ1) is 41.5. The largest absolute Gasteiger partial charge is 0.526 e. The molecular formula is C25H45N6O13P. The van der Waals surface area contributed by atoms with Crippen molar-refractivity contribution in [3.63, 3.8) is 0 Å². The van der Waals surface area contributed by atoms with Gasteiger partial charge in [-0.15, -0.1) is 0 Å². The van der Waals surface area contributed by atoms with Gasteiger partial charge in [-0.2, -0.15) is 0 Å². The van der Waals surface area contributed by atoms with Crippen molar-refractivity contribution in [1.29, 1.82) is 0 Å². The Kier molecular flexibility index (Phi) is 18.3. The van der Waals surface area contributed by atoms with E-state index in [2.05, 4.69) is 20.5 Å². The minimum atomic E-state index is -5.26. The number of aliphatic hydroxyl groups is 1. The number of esters is 2. The molecule has 45 heavy (non-hydrogen) atoms. The van der Waals surface area contributed by atoms with E-state index >= 15 is 0 Å². The van der Waals surface area contributed by atoms with E-state index in [1.807, 2.05) is 6.92 Å². The van der Waals surface area contributed by atoms with Crippen LogP contribution in [0, 0.1) is 11.8 Å². The van der Waals surface area contributed by atoms with E-state index in [1.165, 1.54) is 0 Å². The van der Waals surface area contributed by atoms with E-state index in [0.29, 0.717) is 12.8 Å². The van der Waals surface area contributed by atoms with Crippen LogP contribution in [0.25, 0.3) is 0 Å². The predicted molar refractivity (Wildman–Crippen MR) is 155 cm³/mol. The Labute approximate surface area is 259 Å². The van der Waals surface area contributed by atoms with E-state index in [1.54, 1.807) is 20.8 Å². The third-order valence-corrected chi connectivity index (χ3v) is 7.27. The summed E-state index contributed by atoms with van der Waals surface area (Å²) in [6, 6.07) is -7.23. The number of primary amides is 1. The van der Waals surface area contributed by atoms with Crippen molar-refractivity contribution < 1.29 is 62.3 Å². The lowest BCUT2D eigenvalue weighted by Crippen LogP contribution is -2.56. The van der Waals surface area contributed by atoms with Crippen LogP contribution in [0.1, 0.15) is 66.2 Å². The Morgan fingerprint density at radius 1 is 0.778 bits per heavy atom. The highest BCUT2D eigenvalue weighted by molar-refractivity contribution is 7.46. The highest BCUT2D eigenvalue weighted by atomic mass is 31.2. The molecule has 19 nitrogen and oxygen atoms in total. The molecule has 0 aromatic carbocycles. The van der Waals surface area contributed by atoms with E-state index in [0.717, 1.165) is 0 Å². The number of carbonyl (C=O) groups is 7. The van der Waals surface area contributed by atoms with Crippen LogP contribution in [-0.4, -0.2) is 93.2 Å². The molecule has 4 amide bonds. The SMILES string of the molecule is CC[C@H](C)[C@H](N)C(=O)N[C@H](C(=O)OC(=O)[C@H](CCC(=O)OP(=O)(O)O)NC(=O)[C@H](CCC(N)=O)NC(=O)[C@@H](N)CO)[C@@H](C)CC. The van der Waals surface area contributed by atoms with E-state index in [9.17, 15) is 38.1 Å². The lowest BCUT2D eigenvalue weighted by molar-refractivity contribution is -0.165. The summed E-state index contributed by atoms with van der Waals surface area (Å²) >= 11 is 0. The summed E-state index contributed by atoms with van der Waals surface area (Å²) in [5.41, 5.74) is 16.5. The summed E-state index contributed by atoms with van der Waals surface area (Å²) < 4.78 is 19.9. The zero-order valence-electron chi connectivity index (χ0n) is 25.6. The number of nitrogens with one attached hydrogen (secondary N) is 3. The number of rotatable bonds is 20. The van der Waals surface area contributed by atoms with Gasteiger partial charge in [-0.05, 0) is 24.7 Å². The predicted octanol–water partition coefficient (Wildman–Crippen LogP) is -3.07. The average Bonchev–Trinajstić information content (AvgIpc) is 2.96. The molecule has 0 fully saturated rings. The van der Waals surface area contributed by atoms with Gasteiger partial charge in [-0.1, -0.05) is 40.5 Å². The van der Waals surface area contributed by atoms with Gasteiger partial charge in [0.1, 0.15) is 24.2 Å². The number of amides is 4. The lowest BCUT2D eigenvalue weighted by Gasteiger charge is -2.26. The quantitative estimate of drug-likeness (QED) is 0.0353. The minimum absolute atomic E-state index is 0.248. The van der Waals surface area contributed by atoms with Crippen molar-refractivity contribution in [1.82, 2.24) is 16.0 Å². The van der Waals surface area contributed by atoms with Crippen LogP contribution < -0.4 is 33.2 Å². The standard InChI is InChI=1S/C25H45N6O13P/c1-5-12(3)19(28)23(37)31-20(13(4)6-2)25(39)43-24(38)16(8-10-18(34)44-45(40,41)42)30-22(36)15(7-9-17(27)33)29-21(35)14(26)11-32/h12-16,19-20,32H,5-11,26,28H2,1-4H3,(H2,27,33)(H,29,35)(H,30,36)(H,31,37)(H2,40,41,42)/t12-,13-,14-,15-,16-,19-,20-/m0/s1. The first-order valence-electron chi connectivity index (χ1n) is 14.1. The van der Waals surface area contributed by atoms with Gasteiger partial charge in [-0.25, -0.2) is 14.2 Å². The summed E-state index contributed by atoms with van der Waals surface area (Å²) in [5.74, 6) is -8.65. The van der Waals surface area contributed by atoms with Crippen molar-refractivity contribution in [2.24, 2.45) is 29.0 Å². The number of aliphatic hydroxyl groups excluding tert-OH is 1. The second-order valence-electron chi connectivity index (χ2n) is 10.4. The third-order valence-electron chi connectivity index (χ3n) is 6.83. The Balaban J connectivity index is 6.15. The molecule has 0 aromatic heterocycles. The van der Waals surface area contributed by atoms with Crippen LogP contribution in [0.15, 0.2) is 0 Å². The van der Waals surface area contributed by atoms with Crippen LogP contribution in [0.2, 0.25) is 0 Å². The Morgan fingerprint density at radius 3 is 1.80 bits per heavy atom. The average molecular weight is 669 g/mol. The molecule has 0 bridgehead atoms. The smallest absolute Gasteiger partial charge is 0.394 e. The minimum Gasteiger partial charge on any atom is -0.394 e. The molecule has 0 aliphatic rings. The maximum absolute atomic E-state index is 13.1. The molecule has 0 aliphatic carbocycles. The zero-order valence-corrected chi connectivity index (χ0v) is 26.5. The molecular weight excluding hydrogens is 623 g/mol. The first-order chi connectivity index (χ1) is 20.8. The summed E-state index contributed by atoms with van der Waals surface area (Å²) in [5, 5.41) is 15.9. The molecule has 0 saturated heterocycles. The second kappa shape index (κ2) is 19.8. The molecule has 7 atom stereocenters. The molecule has 0 spiro atoms. The summed E-state index contributed by atoms with van der Waals surface area (Å²) in [4.78, 5) is 105. The molecule has 0 radical (unpaired) electrons. The molecule has 0 saturated carbocycles. The fourth-order valence-corrected chi connectivity index (χ4v) is 3.90. The molecule has 0 heterocycles. The summed E-state index contributed by atoms with van der Waals surface area (Å²) in [6.45, 7) is 6.03. The van der Waals surface area contributed by atoms with E-state index in [-0.39, 0.29) is 5.92 Å². The van der Waals surface area contributed by atoms with Gasteiger partial charge in [0.2, 0.25) is 23.6 Å². The molecule has 0 aliphatic heterocycles. The summed E-state index contributed by atoms with van der Waals surface area (Å²) in [7, 11) is -5.26. The van der Waals surface area contributed by atoms with Crippen molar-refractivity contribution in [3.05, 3.63) is 0 Å². The third kappa shape index (κ3) is 15.9. The van der Waals surface area contributed by atoms with Gasteiger partial charge in [-0.3, -0.25) is 33.8 Å². The maximum Gasteiger partial charge on any atom is 0.526 e. The van der Waals surface area contributed by atoms with Gasteiger partial charge in [0.05, 0.1) is 12.6 Å². The van der Waals surface area contributed by atoms with Crippen LogP contribution in [0.4, 0.5) is 0 Å². The van der Waals surface area contributed by atoms with Gasteiger partial charge in [0.15, 0.2) is 0 Å². The number of phosphoric acid groups is 1. The molecule has 258 valence electrons. The Morgan fingerprint density at radius 2 is 1.31 bits per heavy atom. The van der Waals surface area contributed by atoms with Crippen molar-refractivity contribution >= 4 is 49.4 Å². The molecule has 0 unspecified atom stereocenters. The van der Waals surface area contributed by atoms with Gasteiger partial charge >= 0.3 is 25.7 Å². The zero-order chi connectivity index (χ0) is 35.1. The molecule has 20 heteroatoms. The normalized spacial score (nSPS) is 16.0. The number of nitrogens with two attached hydrogens (primary N) is 3. The van der Waals surface area contributed by atoms with Crippen molar-refractivity contribution in [3.8, 4) is 0 Å². The van der Waals surface area contributed by atoms with Crippen LogP contribution in [0.3, 0.4) is 0 Å². The Bertz CT molecular complexity index is 1120. The van der Waals surface area contributed by atoms with Gasteiger partial charge < -0.3 is 47.5 Å². The topological polar surface area (TPSA) is 330 Å². The highest BCUT2D eigenvalue weighted by Crippen LogP contribution is 2.36. The number of ether oxygens (including phenoxy) is 1. The molecule has 0 aromatic rings. The van der Waals surface area contributed by atoms with Crippen LogP contribution in [0.5, 0.6) is 0 Å². The summed E-state index contributed by atoms with van der Waals surface area (Å²) in [6.07, 6.45) is -1.51. The highest BCUT2D eigenvalue weighted by Gasteiger charge is 2.35.